The van der Waals surface area contributed by atoms with E-state index in [-0.39, 0.29) is 47.1 Å². The van der Waals surface area contributed by atoms with Gasteiger partial charge in [-0.15, -0.1) is 5.10 Å². The van der Waals surface area contributed by atoms with Crippen molar-refractivity contribution in [2.75, 3.05) is 31.6 Å². The Bertz CT molecular complexity index is 1200. The molecule has 0 spiro atoms. The van der Waals surface area contributed by atoms with E-state index in [1.807, 2.05) is 6.08 Å². The van der Waals surface area contributed by atoms with Gasteiger partial charge in [-0.1, -0.05) is 6.08 Å². The van der Waals surface area contributed by atoms with Gasteiger partial charge < -0.3 is 26.0 Å². The van der Waals surface area contributed by atoms with Crippen molar-refractivity contribution >= 4 is 34.6 Å². The number of hydrogen-bond donors (Lipinski definition) is 3. The summed E-state index contributed by atoms with van der Waals surface area (Å²) in [5.74, 6) is -0.702. The number of benzene rings is 1. The molecule has 1 fully saturated rings. The summed E-state index contributed by atoms with van der Waals surface area (Å²) in [5.41, 5.74) is 5.60. The maximum atomic E-state index is 13.1. The van der Waals surface area contributed by atoms with Crippen molar-refractivity contribution in [1.29, 1.82) is 0 Å². The number of nitrogens with zero attached hydrogens (tertiary/aromatic N) is 3. The predicted octanol–water partition coefficient (Wildman–Crippen LogP) is 2.44. The molecule has 10 nitrogen and oxygen atoms in total. The third-order valence-electron chi connectivity index (χ3n) is 6.29. The lowest BCUT2D eigenvalue weighted by atomic mass is 9.90. The van der Waals surface area contributed by atoms with Gasteiger partial charge in [0.05, 0.1) is 36.2 Å². The summed E-state index contributed by atoms with van der Waals surface area (Å²) in [6.07, 6.45) is -0.416. The van der Waals surface area contributed by atoms with Crippen LogP contribution in [0.1, 0.15) is 31.7 Å². The summed E-state index contributed by atoms with van der Waals surface area (Å²) in [6, 6.07) is 1.76. The summed E-state index contributed by atoms with van der Waals surface area (Å²) in [4.78, 5) is 38.1. The minimum absolute atomic E-state index is 0.0246. The number of carbonyl (C=O) groups excluding carboxylic acids is 3. The van der Waals surface area contributed by atoms with Crippen LogP contribution in [0.3, 0.4) is 0 Å². The predicted molar refractivity (Wildman–Crippen MR) is 124 cm³/mol. The molecule has 1 aromatic heterocycles. The first-order valence-electron chi connectivity index (χ1n) is 11.6. The molecule has 13 heteroatoms. The van der Waals surface area contributed by atoms with Crippen molar-refractivity contribution in [3.05, 3.63) is 35.5 Å². The highest BCUT2D eigenvalue weighted by Gasteiger charge is 2.33. The van der Waals surface area contributed by atoms with E-state index in [4.69, 9.17) is 10.5 Å². The molecule has 2 amide bonds. The van der Waals surface area contributed by atoms with Gasteiger partial charge in [-0.3, -0.25) is 9.59 Å². The zero-order valence-electron chi connectivity index (χ0n) is 19.6. The van der Waals surface area contributed by atoms with Crippen LogP contribution in [0.5, 0.6) is 0 Å². The number of esters is 1. The van der Waals surface area contributed by atoms with Crippen molar-refractivity contribution in [2.24, 2.45) is 11.7 Å². The standard InChI is InChI=1S/C23H27F3N6O4/c1-2-36-21(34)13-3-6-16(7-4-13)31-11-15(12-31)29-19(33)10-28-20-17-9-14(23(24,25)26)5-8-18(17)32(30-20)22(27)35/h5-6,8-9,13,15H,2-4,7,10-12H2,1H3,(H2,27,35)(H,28,30)(H,29,33). The average Bonchev–Trinajstić information content (AvgIpc) is 3.18. The number of nitrogens with one attached hydrogen (secondary N) is 2. The molecule has 4 rings (SSSR count). The summed E-state index contributed by atoms with van der Waals surface area (Å²) in [6.45, 7) is 3.14. The molecule has 0 radical (unpaired) electrons. The Kier molecular flexibility index (Phi) is 7.09. The first-order chi connectivity index (χ1) is 17.1. The zero-order valence-corrected chi connectivity index (χ0v) is 19.6. The topological polar surface area (TPSA) is 132 Å². The first-order valence-corrected chi connectivity index (χ1v) is 11.6. The van der Waals surface area contributed by atoms with E-state index in [9.17, 15) is 27.6 Å². The van der Waals surface area contributed by atoms with Crippen LogP contribution in [-0.2, 0) is 20.5 Å². The lowest BCUT2D eigenvalue weighted by Crippen LogP contribution is -2.59. The Morgan fingerprint density at radius 2 is 2.00 bits per heavy atom. The maximum Gasteiger partial charge on any atom is 0.416 e. The molecule has 2 heterocycles. The fourth-order valence-corrected chi connectivity index (χ4v) is 4.42. The lowest BCUT2D eigenvalue weighted by molar-refractivity contribution is -0.148. The van der Waals surface area contributed by atoms with Gasteiger partial charge in [-0.2, -0.15) is 17.9 Å². The minimum Gasteiger partial charge on any atom is -0.466 e. The van der Waals surface area contributed by atoms with Gasteiger partial charge in [0, 0.05) is 24.2 Å². The van der Waals surface area contributed by atoms with Crippen LogP contribution in [0.15, 0.2) is 30.0 Å². The van der Waals surface area contributed by atoms with Crippen LogP contribution in [0, 0.1) is 5.92 Å². The van der Waals surface area contributed by atoms with E-state index in [1.165, 1.54) is 0 Å². The molecule has 2 aliphatic rings. The van der Waals surface area contributed by atoms with Crippen molar-refractivity contribution in [2.45, 2.75) is 38.4 Å². The SMILES string of the molecule is CCOC(=O)C1CC=C(N2CC(NC(=O)CNc3nn(C(N)=O)c4ccc(C(F)(F)F)cc34)C2)CC1. The van der Waals surface area contributed by atoms with Crippen LogP contribution in [0.25, 0.3) is 10.9 Å². The number of alkyl halides is 3. The number of ether oxygens (including phenoxy) is 1. The highest BCUT2D eigenvalue weighted by atomic mass is 19.4. The van der Waals surface area contributed by atoms with E-state index < -0.39 is 17.8 Å². The maximum absolute atomic E-state index is 13.1. The second-order valence-corrected chi connectivity index (χ2v) is 8.77. The Balaban J connectivity index is 1.31. The Hall–Kier alpha value is -3.77. The van der Waals surface area contributed by atoms with Gasteiger partial charge in [0.1, 0.15) is 0 Å². The zero-order chi connectivity index (χ0) is 26.0. The molecule has 1 saturated heterocycles. The number of hydrogen-bond acceptors (Lipinski definition) is 7. The summed E-state index contributed by atoms with van der Waals surface area (Å²) >= 11 is 0. The molecule has 4 N–H and O–H groups in total. The summed E-state index contributed by atoms with van der Waals surface area (Å²) < 4.78 is 45.3. The van der Waals surface area contributed by atoms with Crippen LogP contribution < -0.4 is 16.4 Å². The summed E-state index contributed by atoms with van der Waals surface area (Å²) in [5, 5.41) is 9.53. The van der Waals surface area contributed by atoms with Crippen LogP contribution in [0.2, 0.25) is 0 Å². The first kappa shape index (κ1) is 25.3. The largest absolute Gasteiger partial charge is 0.466 e. The van der Waals surface area contributed by atoms with Crippen molar-refractivity contribution < 1.29 is 32.3 Å². The molecular weight excluding hydrogens is 481 g/mol. The van der Waals surface area contributed by atoms with Crippen molar-refractivity contribution in [3.8, 4) is 0 Å². The van der Waals surface area contributed by atoms with E-state index >= 15 is 0 Å². The smallest absolute Gasteiger partial charge is 0.416 e. The van der Waals surface area contributed by atoms with E-state index in [1.54, 1.807) is 6.92 Å². The summed E-state index contributed by atoms with van der Waals surface area (Å²) in [7, 11) is 0. The highest BCUT2D eigenvalue weighted by molar-refractivity contribution is 5.97. The third-order valence-corrected chi connectivity index (χ3v) is 6.29. The fourth-order valence-electron chi connectivity index (χ4n) is 4.42. The number of carbonyl (C=O) groups is 3. The number of halogens is 3. The molecule has 1 atom stereocenters. The van der Waals surface area contributed by atoms with Gasteiger partial charge in [-0.05, 0) is 44.4 Å². The van der Waals surface area contributed by atoms with Crippen LogP contribution >= 0.6 is 0 Å². The quantitative estimate of drug-likeness (QED) is 0.490. The highest BCUT2D eigenvalue weighted by Crippen LogP contribution is 2.34. The number of primary amides is 1. The van der Waals surface area contributed by atoms with Gasteiger partial charge in [0.2, 0.25) is 5.91 Å². The Labute approximate surface area is 204 Å². The Morgan fingerprint density at radius 1 is 1.25 bits per heavy atom. The molecular formula is C23H27F3N6O4. The van der Waals surface area contributed by atoms with Crippen molar-refractivity contribution in [3.63, 3.8) is 0 Å². The van der Waals surface area contributed by atoms with Crippen LogP contribution in [0.4, 0.5) is 23.8 Å². The number of allylic oxidation sites excluding steroid dienone is 2. The number of nitrogens with two attached hydrogens (primary N) is 1. The normalized spacial score (nSPS) is 18.4. The monoisotopic (exact) mass is 508 g/mol. The number of fused-ring (bicyclic) bond motifs is 1. The molecule has 0 saturated carbocycles. The number of amides is 2. The molecule has 1 aliphatic carbocycles. The molecule has 1 aromatic carbocycles. The van der Waals surface area contributed by atoms with Gasteiger partial charge >= 0.3 is 18.2 Å². The van der Waals surface area contributed by atoms with Crippen LogP contribution in [-0.4, -0.2) is 64.9 Å². The molecule has 2 aromatic rings. The van der Waals surface area contributed by atoms with Gasteiger partial charge in [0.15, 0.2) is 5.82 Å². The van der Waals surface area contributed by atoms with Gasteiger partial charge in [0.25, 0.3) is 0 Å². The average molecular weight is 509 g/mol. The minimum atomic E-state index is -4.58. The molecule has 1 aliphatic heterocycles. The number of anilines is 1. The second-order valence-electron chi connectivity index (χ2n) is 8.77. The van der Waals surface area contributed by atoms with E-state index in [2.05, 4.69) is 20.6 Å². The fraction of sp³-hybridized carbons (Fsp3) is 0.478. The van der Waals surface area contributed by atoms with Gasteiger partial charge in [-0.25, -0.2) is 4.79 Å². The molecule has 1 unspecified atom stereocenters. The molecule has 36 heavy (non-hydrogen) atoms. The lowest BCUT2D eigenvalue weighted by Gasteiger charge is -2.44. The number of aromatic nitrogens is 2. The molecule has 0 bridgehead atoms. The number of rotatable bonds is 7. The Morgan fingerprint density at radius 3 is 2.61 bits per heavy atom. The van der Waals surface area contributed by atoms with E-state index in [0.717, 1.165) is 41.4 Å². The van der Waals surface area contributed by atoms with E-state index in [0.29, 0.717) is 26.1 Å². The van der Waals surface area contributed by atoms with Crippen molar-refractivity contribution in [1.82, 2.24) is 20.0 Å². The third kappa shape index (κ3) is 5.39. The molecule has 194 valence electrons. The number of likely N-dealkylation sites (tertiary alicyclic amines) is 1. The second kappa shape index (κ2) is 10.1.